The number of aryl methyl sites for hydroxylation is 2. The summed E-state index contributed by atoms with van der Waals surface area (Å²) in [7, 11) is 0. The summed E-state index contributed by atoms with van der Waals surface area (Å²) in [6, 6.07) is 13.5. The van der Waals surface area contributed by atoms with Crippen molar-refractivity contribution in [2.24, 2.45) is 0 Å². The van der Waals surface area contributed by atoms with Crippen LogP contribution in [0.1, 0.15) is 35.6 Å². The first-order valence-electron chi connectivity index (χ1n) is 11.0. The minimum absolute atomic E-state index is 0. The Morgan fingerprint density at radius 2 is 1.69 bits per heavy atom. The summed E-state index contributed by atoms with van der Waals surface area (Å²) in [6.07, 6.45) is 6.70. The van der Waals surface area contributed by atoms with Crippen LogP contribution in [0.4, 0.5) is 13.2 Å². The van der Waals surface area contributed by atoms with Gasteiger partial charge in [-0.3, -0.25) is 4.68 Å². The van der Waals surface area contributed by atoms with E-state index >= 15 is 0 Å². The van der Waals surface area contributed by atoms with Crippen molar-refractivity contribution in [3.63, 3.8) is 0 Å². The van der Waals surface area contributed by atoms with Crippen LogP contribution in [0.3, 0.4) is 0 Å². The topological polar surface area (TPSA) is 75.2 Å². The first-order valence-corrected chi connectivity index (χ1v) is 11.0. The molecule has 0 aliphatic rings. The van der Waals surface area contributed by atoms with Crippen LogP contribution in [0.5, 0.6) is 11.5 Å². The van der Waals surface area contributed by atoms with Gasteiger partial charge in [-0.25, -0.2) is 4.98 Å². The van der Waals surface area contributed by atoms with Gasteiger partial charge in [-0.2, -0.15) is 0 Å². The van der Waals surface area contributed by atoms with E-state index in [2.05, 4.69) is 20.0 Å². The third-order valence-electron chi connectivity index (χ3n) is 4.99. The summed E-state index contributed by atoms with van der Waals surface area (Å²) < 4.78 is 53.6. The lowest BCUT2D eigenvalue weighted by Gasteiger charge is -2.08. The van der Waals surface area contributed by atoms with Gasteiger partial charge >= 0.3 is 6.36 Å². The molecule has 0 aliphatic heterocycles. The van der Waals surface area contributed by atoms with Gasteiger partial charge in [0.1, 0.15) is 30.1 Å². The molecule has 0 saturated carbocycles. The zero-order chi connectivity index (χ0) is 24.5. The van der Waals surface area contributed by atoms with Crippen LogP contribution in [-0.2, 0) is 19.6 Å². The highest BCUT2D eigenvalue weighted by Crippen LogP contribution is 2.23. The molecule has 0 unspecified atom stereocenters. The van der Waals surface area contributed by atoms with Gasteiger partial charge < -0.3 is 13.9 Å². The average molecular weight is 521 g/mol. The van der Waals surface area contributed by atoms with E-state index in [1.807, 2.05) is 35.1 Å². The van der Waals surface area contributed by atoms with Crippen molar-refractivity contribution >= 4 is 24.6 Å². The van der Waals surface area contributed by atoms with Crippen molar-refractivity contribution in [3.05, 3.63) is 89.9 Å². The number of halogens is 4. The molecule has 0 amide bonds. The Balaban J connectivity index is 0.00000361. The standard InChI is InChI=1S/C25H23F3N4O3.ClH/c26-25(27,28)35-23-11-6-20(7-12-23)8-13-24-30-21(18-34-24)17-33-22-9-4-19(5-10-22)3-1-2-15-32-16-14-29-31-32;/h4-14,16,18H,1-3,15,17H2;1H. The molecule has 0 N–H and O–H groups in total. The summed E-state index contributed by atoms with van der Waals surface area (Å²) in [6.45, 7) is 1.11. The largest absolute Gasteiger partial charge is 0.573 e. The Morgan fingerprint density at radius 3 is 2.39 bits per heavy atom. The first-order chi connectivity index (χ1) is 16.9. The second kappa shape index (κ2) is 12.8. The fourth-order valence-electron chi connectivity index (χ4n) is 3.28. The van der Waals surface area contributed by atoms with Crippen LogP contribution in [0.2, 0.25) is 0 Å². The van der Waals surface area contributed by atoms with Gasteiger partial charge in [-0.05, 0) is 60.7 Å². The number of aromatic nitrogens is 4. The van der Waals surface area contributed by atoms with Crippen molar-refractivity contribution in [1.29, 1.82) is 0 Å². The molecule has 0 saturated heterocycles. The maximum Gasteiger partial charge on any atom is 0.573 e. The Hall–Kier alpha value is -3.79. The van der Waals surface area contributed by atoms with Gasteiger partial charge in [-0.15, -0.1) is 30.7 Å². The Bertz CT molecular complexity index is 1210. The normalized spacial score (nSPS) is 11.4. The number of rotatable bonds is 11. The van der Waals surface area contributed by atoms with E-state index in [0.29, 0.717) is 17.1 Å². The summed E-state index contributed by atoms with van der Waals surface area (Å²) >= 11 is 0. The van der Waals surface area contributed by atoms with Crippen LogP contribution >= 0.6 is 12.4 Å². The van der Waals surface area contributed by atoms with Gasteiger partial charge in [-0.1, -0.05) is 29.5 Å². The molecule has 0 bridgehead atoms. The number of nitrogens with zero attached hydrogens (tertiary/aromatic N) is 4. The lowest BCUT2D eigenvalue weighted by molar-refractivity contribution is -0.274. The number of unbranched alkanes of at least 4 members (excludes halogenated alkanes) is 1. The lowest BCUT2D eigenvalue weighted by Crippen LogP contribution is -2.16. The Morgan fingerprint density at radius 1 is 0.944 bits per heavy atom. The molecule has 0 radical (unpaired) electrons. The predicted molar refractivity (Wildman–Crippen MR) is 130 cm³/mol. The number of benzene rings is 2. The van der Waals surface area contributed by atoms with Gasteiger partial charge in [0.25, 0.3) is 0 Å². The second-order valence-corrected chi connectivity index (χ2v) is 7.68. The molecule has 2 heterocycles. The van der Waals surface area contributed by atoms with E-state index in [0.717, 1.165) is 31.6 Å². The monoisotopic (exact) mass is 520 g/mol. The van der Waals surface area contributed by atoms with Gasteiger partial charge in [0.15, 0.2) is 0 Å². The van der Waals surface area contributed by atoms with E-state index in [9.17, 15) is 13.2 Å². The smallest absolute Gasteiger partial charge is 0.487 e. The van der Waals surface area contributed by atoms with E-state index < -0.39 is 6.36 Å². The number of oxazole rings is 1. The number of alkyl halides is 3. The van der Waals surface area contributed by atoms with E-state index in [-0.39, 0.29) is 24.8 Å². The highest BCUT2D eigenvalue weighted by Gasteiger charge is 2.30. The minimum Gasteiger partial charge on any atom is -0.487 e. The van der Waals surface area contributed by atoms with Gasteiger partial charge in [0, 0.05) is 18.8 Å². The molecular formula is C25H24ClF3N4O3. The highest BCUT2D eigenvalue weighted by atomic mass is 35.5. The Kier molecular flexibility index (Phi) is 9.52. The molecule has 4 aromatic rings. The second-order valence-electron chi connectivity index (χ2n) is 7.68. The minimum atomic E-state index is -4.71. The molecule has 0 fully saturated rings. The van der Waals surface area contributed by atoms with Crippen LogP contribution in [0.25, 0.3) is 12.2 Å². The summed E-state index contributed by atoms with van der Waals surface area (Å²) in [5.41, 5.74) is 2.53. The van der Waals surface area contributed by atoms with E-state index in [4.69, 9.17) is 9.15 Å². The molecular weight excluding hydrogens is 497 g/mol. The zero-order valence-electron chi connectivity index (χ0n) is 19.1. The van der Waals surface area contributed by atoms with Crippen molar-refractivity contribution in [2.45, 2.75) is 38.8 Å². The lowest BCUT2D eigenvalue weighted by atomic mass is 10.1. The Labute approximate surface area is 212 Å². The van der Waals surface area contributed by atoms with Crippen LogP contribution in [-0.4, -0.2) is 26.3 Å². The molecule has 7 nitrogen and oxygen atoms in total. The highest BCUT2D eigenvalue weighted by molar-refractivity contribution is 5.85. The van der Waals surface area contributed by atoms with Crippen molar-refractivity contribution in [2.75, 3.05) is 0 Å². The number of hydrogen-bond acceptors (Lipinski definition) is 6. The number of hydrogen-bond donors (Lipinski definition) is 0. The molecule has 36 heavy (non-hydrogen) atoms. The maximum atomic E-state index is 12.2. The van der Waals surface area contributed by atoms with E-state index in [1.54, 1.807) is 18.3 Å². The summed E-state index contributed by atoms with van der Waals surface area (Å²) in [5, 5.41) is 7.75. The van der Waals surface area contributed by atoms with Crippen molar-refractivity contribution in [3.8, 4) is 11.5 Å². The fraction of sp³-hybridized carbons (Fsp3) is 0.240. The van der Waals surface area contributed by atoms with Gasteiger partial charge in [0.2, 0.25) is 5.89 Å². The maximum absolute atomic E-state index is 12.2. The molecule has 2 aromatic carbocycles. The first kappa shape index (κ1) is 26.8. The number of ether oxygens (including phenoxy) is 2. The SMILES string of the molecule is Cl.FC(F)(F)Oc1ccc(C=Cc2nc(COc3ccc(CCCCn4ccnn4)cc3)co2)cc1. The van der Waals surface area contributed by atoms with Crippen LogP contribution < -0.4 is 9.47 Å². The quantitative estimate of drug-likeness (QED) is 0.214. The van der Waals surface area contributed by atoms with Crippen LogP contribution in [0.15, 0.2) is 71.6 Å². The van der Waals surface area contributed by atoms with Crippen molar-refractivity contribution in [1.82, 2.24) is 20.0 Å². The van der Waals surface area contributed by atoms with E-state index in [1.165, 1.54) is 36.1 Å². The molecule has 0 spiro atoms. The fourth-order valence-corrected chi connectivity index (χ4v) is 3.28. The predicted octanol–water partition coefficient (Wildman–Crippen LogP) is 6.36. The third kappa shape index (κ3) is 8.77. The molecule has 4 rings (SSSR count). The molecule has 0 aliphatic carbocycles. The zero-order valence-corrected chi connectivity index (χ0v) is 19.9. The molecule has 2 aromatic heterocycles. The summed E-state index contributed by atoms with van der Waals surface area (Å²) in [4.78, 5) is 4.33. The average Bonchev–Trinajstić information content (AvgIpc) is 3.52. The summed E-state index contributed by atoms with van der Waals surface area (Å²) in [5.74, 6) is 0.819. The molecule has 11 heteroatoms. The van der Waals surface area contributed by atoms with Crippen LogP contribution in [0, 0.1) is 0 Å². The molecule has 0 atom stereocenters. The third-order valence-corrected chi connectivity index (χ3v) is 4.99. The molecule has 190 valence electrons. The van der Waals surface area contributed by atoms with Crippen molar-refractivity contribution < 1.29 is 27.1 Å². The van der Waals surface area contributed by atoms with Gasteiger partial charge in [0.05, 0.1) is 6.20 Å².